The molecule has 0 atom stereocenters. The Balaban J connectivity index is 2.52. The summed E-state index contributed by atoms with van der Waals surface area (Å²) in [6.07, 6.45) is -2.71. The quantitative estimate of drug-likeness (QED) is 0.809. The third-order valence-corrected chi connectivity index (χ3v) is 2.66. The molecule has 3 nitrogen and oxygen atoms in total. The van der Waals surface area contributed by atoms with Crippen molar-refractivity contribution in [2.45, 2.75) is 38.8 Å². The Kier molecular flexibility index (Phi) is 5.73. The number of rotatable bonds is 6. The van der Waals surface area contributed by atoms with Gasteiger partial charge in [0.2, 0.25) is 5.91 Å². The van der Waals surface area contributed by atoms with Gasteiger partial charge in [0, 0.05) is 12.1 Å². The summed E-state index contributed by atoms with van der Waals surface area (Å²) in [6.45, 7) is 1.94. The average Bonchev–Trinajstić information content (AvgIpc) is 2.35. The van der Waals surface area contributed by atoms with Crippen molar-refractivity contribution in [3.05, 3.63) is 29.8 Å². The minimum Gasteiger partial charge on any atom is -0.326 e. The number of hydrogen-bond donors (Lipinski definition) is 1. The monoisotopic (exact) mass is 287 g/mol. The maximum absolute atomic E-state index is 12.3. The molecule has 20 heavy (non-hydrogen) atoms. The number of carbonyl (C=O) groups excluding carboxylic acids is 2. The molecule has 0 aliphatic carbocycles. The first kappa shape index (κ1) is 16.2. The van der Waals surface area contributed by atoms with Gasteiger partial charge in [0.25, 0.3) is 0 Å². The number of alkyl halides is 3. The van der Waals surface area contributed by atoms with E-state index in [2.05, 4.69) is 5.32 Å². The molecule has 1 rings (SSSR count). The summed E-state index contributed by atoms with van der Waals surface area (Å²) in [5.74, 6) is -0.679. The zero-order valence-electron chi connectivity index (χ0n) is 11.1. The van der Waals surface area contributed by atoms with Crippen LogP contribution in [-0.2, 0) is 15.8 Å². The molecule has 0 aliphatic rings. The summed E-state index contributed by atoms with van der Waals surface area (Å²) in [4.78, 5) is 22.9. The van der Waals surface area contributed by atoms with Gasteiger partial charge in [0.1, 0.15) is 5.78 Å². The van der Waals surface area contributed by atoms with E-state index in [4.69, 9.17) is 0 Å². The van der Waals surface area contributed by atoms with Crippen molar-refractivity contribution >= 4 is 17.4 Å². The fourth-order valence-corrected chi connectivity index (χ4v) is 1.59. The number of amides is 1. The molecule has 110 valence electrons. The second-order valence-electron chi connectivity index (χ2n) is 4.44. The predicted molar refractivity (Wildman–Crippen MR) is 69.2 cm³/mol. The number of ketones is 1. The summed E-state index contributed by atoms with van der Waals surface area (Å²) < 4.78 is 37.0. The Hall–Kier alpha value is -1.85. The molecule has 0 fully saturated rings. The Bertz CT molecular complexity index is 466. The third kappa shape index (κ3) is 5.42. The summed E-state index contributed by atoms with van der Waals surface area (Å²) in [5.41, 5.74) is -0.541. The number of Topliss-reactive ketones (excluding diaryl/α,β-unsaturated/α-hetero) is 1. The molecule has 0 heterocycles. The molecule has 1 aromatic carbocycles. The number of unbranched alkanes of at least 4 members (excludes halogenated alkanes) is 1. The first-order chi connectivity index (χ1) is 9.32. The van der Waals surface area contributed by atoms with E-state index in [0.717, 1.165) is 37.1 Å². The van der Waals surface area contributed by atoms with Crippen molar-refractivity contribution in [2.24, 2.45) is 0 Å². The first-order valence-corrected chi connectivity index (χ1v) is 6.31. The lowest BCUT2D eigenvalue weighted by molar-refractivity contribution is -0.137. The van der Waals surface area contributed by atoms with Crippen LogP contribution in [0.3, 0.4) is 0 Å². The minimum atomic E-state index is -4.40. The summed E-state index contributed by atoms with van der Waals surface area (Å²) in [5, 5.41) is 2.40. The maximum Gasteiger partial charge on any atom is 0.416 e. The van der Waals surface area contributed by atoms with Gasteiger partial charge in [-0.2, -0.15) is 13.2 Å². The molecule has 0 saturated carbocycles. The molecule has 0 aromatic heterocycles. The van der Waals surface area contributed by atoms with E-state index in [1.54, 1.807) is 0 Å². The number of nitrogens with one attached hydrogen (secondary N) is 1. The fourth-order valence-electron chi connectivity index (χ4n) is 1.59. The van der Waals surface area contributed by atoms with E-state index in [-0.39, 0.29) is 17.9 Å². The highest BCUT2D eigenvalue weighted by molar-refractivity contribution is 6.04. The number of halogens is 3. The van der Waals surface area contributed by atoms with Gasteiger partial charge in [-0.05, 0) is 30.7 Å². The molecule has 0 spiro atoms. The molecule has 0 bridgehead atoms. The number of benzene rings is 1. The standard InChI is InChI=1S/C14H16F3NO2/c1-2-3-4-12(19)9-13(20)18-11-7-5-10(6-8-11)14(15,16)17/h5-8H,2-4,9H2,1H3,(H,18,20). The van der Waals surface area contributed by atoms with Crippen LogP contribution in [0.5, 0.6) is 0 Å². The SMILES string of the molecule is CCCCC(=O)CC(=O)Nc1ccc(C(F)(F)F)cc1. The smallest absolute Gasteiger partial charge is 0.326 e. The molecule has 1 N–H and O–H groups in total. The van der Waals surface area contributed by atoms with E-state index < -0.39 is 17.6 Å². The molecule has 0 radical (unpaired) electrons. The molecule has 0 saturated heterocycles. The lowest BCUT2D eigenvalue weighted by Crippen LogP contribution is -2.16. The van der Waals surface area contributed by atoms with Crippen LogP contribution in [-0.4, -0.2) is 11.7 Å². The topological polar surface area (TPSA) is 46.2 Å². The van der Waals surface area contributed by atoms with Crippen LogP contribution in [0.15, 0.2) is 24.3 Å². The molecule has 1 aromatic rings. The van der Waals surface area contributed by atoms with Crippen molar-refractivity contribution in [3.63, 3.8) is 0 Å². The zero-order valence-corrected chi connectivity index (χ0v) is 11.1. The lowest BCUT2D eigenvalue weighted by Gasteiger charge is -2.08. The first-order valence-electron chi connectivity index (χ1n) is 6.31. The van der Waals surface area contributed by atoms with Gasteiger partial charge >= 0.3 is 6.18 Å². The second-order valence-corrected chi connectivity index (χ2v) is 4.44. The highest BCUT2D eigenvalue weighted by Gasteiger charge is 2.29. The van der Waals surface area contributed by atoms with Crippen LogP contribution >= 0.6 is 0 Å². The van der Waals surface area contributed by atoms with E-state index >= 15 is 0 Å². The highest BCUT2D eigenvalue weighted by atomic mass is 19.4. The van der Waals surface area contributed by atoms with E-state index in [0.29, 0.717) is 6.42 Å². The number of hydrogen-bond acceptors (Lipinski definition) is 2. The molecule has 0 unspecified atom stereocenters. The Morgan fingerprint density at radius 1 is 1.15 bits per heavy atom. The molecular formula is C14H16F3NO2. The van der Waals surface area contributed by atoms with Crippen LogP contribution in [0.4, 0.5) is 18.9 Å². The van der Waals surface area contributed by atoms with Crippen LogP contribution in [0.2, 0.25) is 0 Å². The van der Waals surface area contributed by atoms with Crippen LogP contribution in [0, 0.1) is 0 Å². The van der Waals surface area contributed by atoms with Gasteiger partial charge in [-0.15, -0.1) is 0 Å². The Morgan fingerprint density at radius 2 is 1.75 bits per heavy atom. The van der Waals surface area contributed by atoms with Crippen molar-refractivity contribution < 1.29 is 22.8 Å². The Labute approximate surface area is 115 Å². The molecule has 6 heteroatoms. The van der Waals surface area contributed by atoms with E-state index in [9.17, 15) is 22.8 Å². The average molecular weight is 287 g/mol. The molecule has 1 amide bonds. The van der Waals surface area contributed by atoms with Crippen LogP contribution < -0.4 is 5.32 Å². The van der Waals surface area contributed by atoms with Crippen molar-refractivity contribution in [2.75, 3.05) is 5.32 Å². The van der Waals surface area contributed by atoms with E-state index in [1.165, 1.54) is 0 Å². The van der Waals surface area contributed by atoms with E-state index in [1.807, 2.05) is 6.92 Å². The fraction of sp³-hybridized carbons (Fsp3) is 0.429. The van der Waals surface area contributed by atoms with Crippen LogP contribution in [0.1, 0.15) is 38.2 Å². The van der Waals surface area contributed by atoms with Gasteiger partial charge in [-0.1, -0.05) is 13.3 Å². The van der Waals surface area contributed by atoms with Gasteiger partial charge in [0.15, 0.2) is 0 Å². The highest BCUT2D eigenvalue weighted by Crippen LogP contribution is 2.29. The molecular weight excluding hydrogens is 271 g/mol. The third-order valence-electron chi connectivity index (χ3n) is 2.66. The second kappa shape index (κ2) is 7.07. The predicted octanol–water partition coefficient (Wildman–Crippen LogP) is 3.79. The van der Waals surface area contributed by atoms with Crippen molar-refractivity contribution in [1.29, 1.82) is 0 Å². The normalized spacial score (nSPS) is 11.2. The zero-order chi connectivity index (χ0) is 15.2. The summed E-state index contributed by atoms with van der Waals surface area (Å²) in [6, 6.07) is 4.09. The van der Waals surface area contributed by atoms with Gasteiger partial charge in [-0.25, -0.2) is 0 Å². The van der Waals surface area contributed by atoms with Gasteiger partial charge in [0.05, 0.1) is 12.0 Å². The minimum absolute atomic E-state index is 0.170. The Morgan fingerprint density at radius 3 is 2.25 bits per heavy atom. The van der Waals surface area contributed by atoms with Crippen molar-refractivity contribution in [1.82, 2.24) is 0 Å². The van der Waals surface area contributed by atoms with Crippen LogP contribution in [0.25, 0.3) is 0 Å². The van der Waals surface area contributed by atoms with Gasteiger partial charge < -0.3 is 5.32 Å². The number of anilines is 1. The maximum atomic E-state index is 12.3. The lowest BCUT2D eigenvalue weighted by atomic mass is 10.1. The summed E-state index contributed by atoms with van der Waals surface area (Å²) in [7, 11) is 0. The largest absolute Gasteiger partial charge is 0.416 e. The van der Waals surface area contributed by atoms with Crippen molar-refractivity contribution in [3.8, 4) is 0 Å². The summed E-state index contributed by atoms with van der Waals surface area (Å²) >= 11 is 0. The number of carbonyl (C=O) groups is 2. The van der Waals surface area contributed by atoms with Gasteiger partial charge in [-0.3, -0.25) is 9.59 Å². The molecule has 0 aliphatic heterocycles.